The van der Waals surface area contributed by atoms with Crippen LogP contribution in [0.15, 0.2) is 206 Å². The van der Waals surface area contributed by atoms with E-state index in [-0.39, 0.29) is 10.8 Å². The van der Waals surface area contributed by atoms with Crippen LogP contribution in [-0.2, 0) is 10.8 Å². The molecule has 11 aromatic rings. The smallest absolute Gasteiger partial charge is 0.145 e. The number of hydrogen-bond acceptors (Lipinski definition) is 1. The van der Waals surface area contributed by atoms with E-state index in [1.807, 2.05) is 0 Å². The molecule has 0 amide bonds. The van der Waals surface area contributed by atoms with Gasteiger partial charge in [0.15, 0.2) is 0 Å². The van der Waals surface area contributed by atoms with Crippen molar-refractivity contribution in [2.45, 2.75) is 38.5 Å². The Kier molecular flexibility index (Phi) is 8.03. The molecule has 0 aliphatic heterocycles. The minimum Gasteiger partial charge on any atom is -0.292 e. The van der Waals surface area contributed by atoms with Crippen LogP contribution in [0.4, 0.5) is 0 Å². The van der Waals surface area contributed by atoms with Gasteiger partial charge in [-0.15, -0.1) is 0 Å². The first kappa shape index (κ1) is 37.7. The Bertz CT molecular complexity index is 3750. The minimum atomic E-state index is -0.0844. The molecule has 1 heterocycles. The Balaban J connectivity index is 1.03. The number of hydrogen-bond donors (Lipinski definition) is 0. The number of imidazole rings is 1. The van der Waals surface area contributed by atoms with Gasteiger partial charge in [0.2, 0.25) is 0 Å². The number of benzene rings is 10. The van der Waals surface area contributed by atoms with Crippen molar-refractivity contribution < 1.29 is 0 Å². The van der Waals surface area contributed by atoms with Gasteiger partial charge < -0.3 is 0 Å². The van der Waals surface area contributed by atoms with E-state index in [9.17, 15) is 0 Å². The van der Waals surface area contributed by atoms with Crippen molar-refractivity contribution in [1.29, 1.82) is 0 Å². The maximum Gasteiger partial charge on any atom is 0.145 e. The molecule has 0 radical (unpaired) electrons. The van der Waals surface area contributed by atoms with Crippen LogP contribution in [0.3, 0.4) is 0 Å². The van der Waals surface area contributed by atoms with Crippen LogP contribution in [-0.4, -0.2) is 9.55 Å². The molecule has 0 bridgehead atoms. The van der Waals surface area contributed by atoms with Crippen molar-refractivity contribution in [2.75, 3.05) is 0 Å². The number of fused-ring (bicyclic) bond motifs is 9. The highest BCUT2D eigenvalue weighted by molar-refractivity contribution is 6.22. The third-order valence-electron chi connectivity index (χ3n) is 14.8. The molecule has 65 heavy (non-hydrogen) atoms. The standard InChI is InChI=1S/C63H46N2/c1-62(2)54-23-13-11-19-46(54)51-37-43(32-35-55(51)62)60-49-21-9-8-20-48(49)59(39-26-28-40(29-27-39)61-64-57-24-14-15-25-58(57)65(61)44-16-6-5-7-17-44)50-34-31-41(36-52(50)60)42-30-33-47-45-18-10-12-22-53(45)63(3,4)56(47)38-42/h5-38H,1-4H3. The third-order valence-corrected chi connectivity index (χ3v) is 14.8. The van der Waals surface area contributed by atoms with Crippen LogP contribution < -0.4 is 0 Å². The molecule has 0 spiro atoms. The Hall–Kier alpha value is -7.81. The highest BCUT2D eigenvalue weighted by Gasteiger charge is 2.37. The van der Waals surface area contributed by atoms with Gasteiger partial charge in [0.25, 0.3) is 0 Å². The molecule has 2 heteroatoms. The van der Waals surface area contributed by atoms with Gasteiger partial charge in [-0.25, -0.2) is 4.98 Å². The first-order valence-corrected chi connectivity index (χ1v) is 22.9. The fourth-order valence-corrected chi connectivity index (χ4v) is 11.6. The van der Waals surface area contributed by atoms with Gasteiger partial charge in [-0.1, -0.05) is 191 Å². The van der Waals surface area contributed by atoms with Gasteiger partial charge in [0.05, 0.1) is 11.0 Å². The average molecular weight is 831 g/mol. The maximum atomic E-state index is 5.20. The van der Waals surface area contributed by atoms with Crippen LogP contribution in [0.25, 0.3) is 105 Å². The van der Waals surface area contributed by atoms with E-state index in [0.29, 0.717) is 0 Å². The van der Waals surface area contributed by atoms with Gasteiger partial charge >= 0.3 is 0 Å². The van der Waals surface area contributed by atoms with Crippen molar-refractivity contribution in [3.05, 3.63) is 229 Å². The van der Waals surface area contributed by atoms with E-state index in [4.69, 9.17) is 4.98 Å². The van der Waals surface area contributed by atoms with Crippen LogP contribution in [0.1, 0.15) is 49.9 Å². The summed E-state index contributed by atoms with van der Waals surface area (Å²) in [6.07, 6.45) is 0. The number of aromatic nitrogens is 2. The first-order valence-electron chi connectivity index (χ1n) is 22.9. The van der Waals surface area contributed by atoms with E-state index in [1.165, 1.54) is 99.4 Å². The van der Waals surface area contributed by atoms with Crippen molar-refractivity contribution in [3.63, 3.8) is 0 Å². The lowest BCUT2D eigenvalue weighted by atomic mass is 9.80. The maximum absolute atomic E-state index is 5.20. The minimum absolute atomic E-state index is 0.0657. The van der Waals surface area contributed by atoms with Crippen LogP contribution in [0, 0.1) is 0 Å². The van der Waals surface area contributed by atoms with E-state index in [0.717, 1.165) is 28.1 Å². The van der Waals surface area contributed by atoms with E-state index >= 15 is 0 Å². The quantitative estimate of drug-likeness (QED) is 0.158. The normalized spacial score (nSPS) is 14.1. The summed E-state index contributed by atoms with van der Waals surface area (Å²) in [6.45, 7) is 9.47. The Labute approximate surface area is 380 Å². The van der Waals surface area contributed by atoms with E-state index in [1.54, 1.807) is 0 Å². The summed E-state index contributed by atoms with van der Waals surface area (Å²) in [7, 11) is 0. The van der Waals surface area contributed by atoms with Crippen molar-refractivity contribution >= 4 is 32.6 Å². The Morgan fingerprint density at radius 1 is 0.338 bits per heavy atom. The van der Waals surface area contributed by atoms with Crippen molar-refractivity contribution in [1.82, 2.24) is 9.55 Å². The zero-order valence-electron chi connectivity index (χ0n) is 37.0. The summed E-state index contributed by atoms with van der Waals surface area (Å²) in [4.78, 5) is 5.20. The molecule has 308 valence electrons. The lowest BCUT2D eigenvalue weighted by molar-refractivity contribution is 0.660. The number of para-hydroxylation sites is 3. The third kappa shape index (κ3) is 5.50. The predicted octanol–water partition coefficient (Wildman–Crippen LogP) is 16.6. The summed E-state index contributed by atoms with van der Waals surface area (Å²) in [6, 6.07) is 76.6. The summed E-state index contributed by atoms with van der Waals surface area (Å²) >= 11 is 0. The Morgan fingerprint density at radius 3 is 1.60 bits per heavy atom. The zero-order valence-corrected chi connectivity index (χ0v) is 37.0. The second-order valence-electron chi connectivity index (χ2n) is 19.1. The molecule has 0 fully saturated rings. The monoisotopic (exact) mass is 830 g/mol. The largest absolute Gasteiger partial charge is 0.292 e. The van der Waals surface area contributed by atoms with Crippen LogP contribution in [0.2, 0.25) is 0 Å². The van der Waals surface area contributed by atoms with Gasteiger partial charge in [-0.05, 0) is 142 Å². The molecule has 0 atom stereocenters. The van der Waals surface area contributed by atoms with Gasteiger partial charge in [-0.2, -0.15) is 0 Å². The lowest BCUT2D eigenvalue weighted by Gasteiger charge is -2.23. The summed E-state index contributed by atoms with van der Waals surface area (Å²) < 4.78 is 2.28. The summed E-state index contributed by atoms with van der Waals surface area (Å²) in [5, 5.41) is 4.98. The molecular formula is C63H46N2. The fourth-order valence-electron chi connectivity index (χ4n) is 11.6. The highest BCUT2D eigenvalue weighted by atomic mass is 15.1. The first-order chi connectivity index (χ1) is 31.8. The highest BCUT2D eigenvalue weighted by Crippen LogP contribution is 2.53. The molecule has 0 N–H and O–H groups in total. The van der Waals surface area contributed by atoms with Gasteiger partial charge in [-0.3, -0.25) is 4.57 Å². The number of nitrogens with zero attached hydrogens (tertiary/aromatic N) is 2. The molecule has 1 aromatic heterocycles. The van der Waals surface area contributed by atoms with Crippen molar-refractivity contribution in [2.24, 2.45) is 0 Å². The average Bonchev–Trinajstić information content (AvgIpc) is 3.93. The molecule has 10 aromatic carbocycles. The van der Waals surface area contributed by atoms with E-state index < -0.39 is 0 Å². The topological polar surface area (TPSA) is 17.8 Å². The molecular weight excluding hydrogens is 785 g/mol. The second kappa shape index (κ2) is 13.8. The summed E-state index contributed by atoms with van der Waals surface area (Å²) in [5.41, 5.74) is 22.4. The second-order valence-corrected chi connectivity index (χ2v) is 19.1. The van der Waals surface area contributed by atoms with Crippen LogP contribution >= 0.6 is 0 Å². The fraction of sp³-hybridized carbons (Fsp3) is 0.0952. The molecule has 2 aliphatic rings. The van der Waals surface area contributed by atoms with E-state index in [2.05, 4.69) is 239 Å². The van der Waals surface area contributed by atoms with Crippen LogP contribution in [0.5, 0.6) is 0 Å². The molecule has 0 unspecified atom stereocenters. The molecule has 0 saturated heterocycles. The van der Waals surface area contributed by atoms with Crippen molar-refractivity contribution in [3.8, 4) is 72.7 Å². The Morgan fingerprint density at radius 2 is 0.846 bits per heavy atom. The molecule has 13 rings (SSSR count). The summed E-state index contributed by atoms with van der Waals surface area (Å²) in [5.74, 6) is 0.931. The molecule has 2 aliphatic carbocycles. The SMILES string of the molecule is CC1(C)c2ccccc2-c2cc(-c3c4ccccc4c(-c4ccc(-c5nc6ccccc6n5-c5ccccc5)cc4)c4ccc(-c5ccc6c(c5)C(C)(C)c5ccccc5-6)cc34)ccc21. The van der Waals surface area contributed by atoms with Gasteiger partial charge in [0, 0.05) is 22.1 Å². The zero-order chi connectivity index (χ0) is 43.6. The van der Waals surface area contributed by atoms with Gasteiger partial charge in [0.1, 0.15) is 5.82 Å². The predicted molar refractivity (Wildman–Crippen MR) is 273 cm³/mol. The molecule has 2 nitrogen and oxygen atoms in total. The lowest BCUT2D eigenvalue weighted by Crippen LogP contribution is -2.14. The molecule has 0 saturated carbocycles. The number of rotatable bonds is 5.